The van der Waals surface area contributed by atoms with Gasteiger partial charge in [-0.15, -0.1) is 0 Å². The molecule has 0 radical (unpaired) electrons. The molecule has 0 saturated carbocycles. The summed E-state index contributed by atoms with van der Waals surface area (Å²) in [6.07, 6.45) is 3.83. The maximum Gasteiger partial charge on any atom is 0.138 e. The summed E-state index contributed by atoms with van der Waals surface area (Å²) >= 11 is 5.70. The Morgan fingerprint density at radius 1 is 1.62 bits per heavy atom. The molecule has 0 bridgehead atoms. The van der Waals surface area contributed by atoms with Crippen LogP contribution in [0.2, 0.25) is 5.15 Å². The molecule has 1 saturated heterocycles. The van der Waals surface area contributed by atoms with Gasteiger partial charge in [-0.1, -0.05) is 11.6 Å². The minimum atomic E-state index is -0.620. The molecule has 16 heavy (non-hydrogen) atoms. The van der Waals surface area contributed by atoms with E-state index in [4.69, 9.17) is 16.3 Å². The zero-order valence-electron chi connectivity index (χ0n) is 8.88. The molecular formula is C11H14ClFN2O. The molecule has 5 heteroatoms. The molecule has 1 aliphatic rings. The van der Waals surface area contributed by atoms with Gasteiger partial charge in [-0.25, -0.2) is 9.37 Å². The lowest BCUT2D eigenvalue weighted by atomic mass is 10.2. The smallest absolute Gasteiger partial charge is 0.138 e. The van der Waals surface area contributed by atoms with E-state index in [2.05, 4.69) is 10.3 Å². The predicted molar refractivity (Wildman–Crippen MR) is 60.6 cm³/mol. The Bertz CT molecular complexity index is 356. The highest BCUT2D eigenvalue weighted by Crippen LogP contribution is 2.20. The van der Waals surface area contributed by atoms with Gasteiger partial charge < -0.3 is 10.1 Å². The molecule has 2 heterocycles. The van der Waals surface area contributed by atoms with Crippen LogP contribution in [0.4, 0.5) is 4.39 Å². The van der Waals surface area contributed by atoms with Crippen molar-refractivity contribution >= 4 is 11.6 Å². The number of ether oxygens (including phenoxy) is 1. The minimum Gasteiger partial charge on any atom is -0.490 e. The maximum atomic E-state index is 12.5. The zero-order chi connectivity index (χ0) is 11.4. The fourth-order valence-corrected chi connectivity index (χ4v) is 1.89. The SMILES string of the molecule is FCc1cc(OC[C@@H]2CCCN2)cnc1Cl. The first-order valence-electron chi connectivity index (χ1n) is 5.36. The molecule has 0 spiro atoms. The number of halogens is 2. The maximum absolute atomic E-state index is 12.5. The average Bonchev–Trinajstić information content (AvgIpc) is 2.81. The van der Waals surface area contributed by atoms with Crippen molar-refractivity contribution in [1.29, 1.82) is 0 Å². The lowest BCUT2D eigenvalue weighted by Gasteiger charge is -2.12. The molecule has 1 atom stereocenters. The van der Waals surface area contributed by atoms with E-state index >= 15 is 0 Å². The molecule has 1 aromatic rings. The molecule has 1 aliphatic heterocycles. The van der Waals surface area contributed by atoms with Crippen LogP contribution in [-0.2, 0) is 6.67 Å². The minimum absolute atomic E-state index is 0.203. The summed E-state index contributed by atoms with van der Waals surface area (Å²) in [5.41, 5.74) is 0.374. The van der Waals surface area contributed by atoms with Crippen molar-refractivity contribution in [3.63, 3.8) is 0 Å². The summed E-state index contributed by atoms with van der Waals surface area (Å²) in [5, 5.41) is 3.52. The van der Waals surface area contributed by atoms with Crippen molar-refractivity contribution in [3.8, 4) is 5.75 Å². The fourth-order valence-electron chi connectivity index (χ4n) is 1.74. The van der Waals surface area contributed by atoms with Crippen LogP contribution in [0.15, 0.2) is 12.3 Å². The van der Waals surface area contributed by atoms with Crippen molar-refractivity contribution in [1.82, 2.24) is 10.3 Å². The second-order valence-electron chi connectivity index (χ2n) is 3.86. The standard InChI is InChI=1S/C11H14ClFN2O/c12-11-8(5-13)4-10(6-15-11)16-7-9-2-1-3-14-9/h4,6,9,14H,1-3,5,7H2/t9-/m0/s1. The van der Waals surface area contributed by atoms with Crippen LogP contribution in [0.5, 0.6) is 5.75 Å². The summed E-state index contributed by atoms with van der Waals surface area (Å²) in [6.45, 7) is 1.02. The van der Waals surface area contributed by atoms with Crippen molar-refractivity contribution in [3.05, 3.63) is 23.0 Å². The van der Waals surface area contributed by atoms with Crippen molar-refractivity contribution in [2.75, 3.05) is 13.2 Å². The highest BCUT2D eigenvalue weighted by molar-refractivity contribution is 6.30. The monoisotopic (exact) mass is 244 g/mol. The Hall–Kier alpha value is -0.870. The quantitative estimate of drug-likeness (QED) is 0.826. The molecule has 0 unspecified atom stereocenters. The summed E-state index contributed by atoms with van der Waals surface area (Å²) in [5.74, 6) is 0.575. The van der Waals surface area contributed by atoms with Gasteiger partial charge in [0.15, 0.2) is 0 Å². The van der Waals surface area contributed by atoms with E-state index in [1.165, 1.54) is 12.6 Å². The van der Waals surface area contributed by atoms with E-state index in [-0.39, 0.29) is 5.15 Å². The summed E-state index contributed by atoms with van der Waals surface area (Å²) in [6, 6.07) is 1.99. The first-order valence-corrected chi connectivity index (χ1v) is 5.74. The van der Waals surface area contributed by atoms with Crippen LogP contribution in [0, 0.1) is 0 Å². The number of aromatic nitrogens is 1. The average molecular weight is 245 g/mol. The third-order valence-electron chi connectivity index (χ3n) is 2.64. The first kappa shape index (κ1) is 11.6. The van der Waals surface area contributed by atoms with E-state index in [1.54, 1.807) is 6.07 Å². The Labute approximate surface area is 99.0 Å². The lowest BCUT2D eigenvalue weighted by molar-refractivity contribution is 0.275. The number of hydrogen-bond acceptors (Lipinski definition) is 3. The molecule has 1 fully saturated rings. The molecule has 3 nitrogen and oxygen atoms in total. The number of hydrogen-bond donors (Lipinski definition) is 1. The third kappa shape index (κ3) is 2.83. The number of alkyl halides is 1. The molecule has 0 aromatic carbocycles. The normalized spacial score (nSPS) is 20.0. The second kappa shape index (κ2) is 5.46. The van der Waals surface area contributed by atoms with Gasteiger partial charge in [-0.05, 0) is 25.5 Å². The summed E-state index contributed by atoms with van der Waals surface area (Å²) in [4.78, 5) is 3.88. The highest BCUT2D eigenvalue weighted by Gasteiger charge is 2.14. The molecule has 88 valence electrons. The van der Waals surface area contributed by atoms with Gasteiger partial charge in [-0.3, -0.25) is 0 Å². The number of pyridine rings is 1. The fraction of sp³-hybridized carbons (Fsp3) is 0.545. The van der Waals surface area contributed by atoms with E-state index < -0.39 is 6.67 Å². The third-order valence-corrected chi connectivity index (χ3v) is 2.98. The van der Waals surface area contributed by atoms with Crippen LogP contribution in [0.25, 0.3) is 0 Å². The van der Waals surface area contributed by atoms with Crippen LogP contribution >= 0.6 is 11.6 Å². The first-order chi connectivity index (χ1) is 7.79. The molecule has 2 rings (SSSR count). The zero-order valence-corrected chi connectivity index (χ0v) is 9.63. The second-order valence-corrected chi connectivity index (χ2v) is 4.22. The largest absolute Gasteiger partial charge is 0.490 e. The Morgan fingerprint density at radius 3 is 3.19 bits per heavy atom. The van der Waals surface area contributed by atoms with Gasteiger partial charge in [0.25, 0.3) is 0 Å². The van der Waals surface area contributed by atoms with E-state index in [1.807, 2.05) is 0 Å². The highest BCUT2D eigenvalue weighted by atomic mass is 35.5. The number of nitrogens with zero attached hydrogens (tertiary/aromatic N) is 1. The van der Waals surface area contributed by atoms with Crippen LogP contribution in [-0.4, -0.2) is 24.2 Å². The Balaban J connectivity index is 1.93. The van der Waals surface area contributed by atoms with Crippen molar-refractivity contribution in [2.45, 2.75) is 25.6 Å². The number of rotatable bonds is 4. The van der Waals surface area contributed by atoms with Gasteiger partial charge in [0.2, 0.25) is 0 Å². The molecule has 0 amide bonds. The van der Waals surface area contributed by atoms with Crippen molar-refractivity contribution in [2.24, 2.45) is 0 Å². The topological polar surface area (TPSA) is 34.1 Å². The molecular weight excluding hydrogens is 231 g/mol. The molecule has 0 aliphatic carbocycles. The van der Waals surface area contributed by atoms with Gasteiger partial charge in [-0.2, -0.15) is 0 Å². The number of nitrogens with one attached hydrogen (secondary N) is 1. The Morgan fingerprint density at radius 2 is 2.50 bits per heavy atom. The Kier molecular flexibility index (Phi) is 3.96. The van der Waals surface area contributed by atoms with Crippen LogP contribution in [0.1, 0.15) is 18.4 Å². The van der Waals surface area contributed by atoms with Gasteiger partial charge in [0.05, 0.1) is 6.20 Å². The van der Waals surface area contributed by atoms with E-state index in [9.17, 15) is 4.39 Å². The van der Waals surface area contributed by atoms with E-state index in [0.29, 0.717) is 24.0 Å². The van der Waals surface area contributed by atoms with Crippen LogP contribution in [0.3, 0.4) is 0 Å². The summed E-state index contributed by atoms with van der Waals surface area (Å²) in [7, 11) is 0. The van der Waals surface area contributed by atoms with Gasteiger partial charge >= 0.3 is 0 Å². The van der Waals surface area contributed by atoms with Gasteiger partial charge in [0.1, 0.15) is 24.2 Å². The molecule has 1 aromatic heterocycles. The van der Waals surface area contributed by atoms with E-state index in [0.717, 1.165) is 13.0 Å². The summed E-state index contributed by atoms with van der Waals surface area (Å²) < 4.78 is 18.1. The predicted octanol–water partition coefficient (Wildman–Crippen LogP) is 2.34. The van der Waals surface area contributed by atoms with Gasteiger partial charge in [0, 0.05) is 11.6 Å². The molecule has 1 N–H and O–H groups in total. The van der Waals surface area contributed by atoms with Crippen LogP contribution < -0.4 is 10.1 Å². The lowest BCUT2D eigenvalue weighted by Crippen LogP contribution is -2.28. The van der Waals surface area contributed by atoms with Crippen molar-refractivity contribution < 1.29 is 9.13 Å².